The van der Waals surface area contributed by atoms with E-state index in [2.05, 4.69) is 5.32 Å². The highest BCUT2D eigenvalue weighted by atomic mass is 35.5. The SMILES string of the molecule is Oc1cccc(Nc2ccccc2)c1Cl. The summed E-state index contributed by atoms with van der Waals surface area (Å²) in [6.45, 7) is 0. The summed E-state index contributed by atoms with van der Waals surface area (Å²) in [5.41, 5.74) is 1.63. The van der Waals surface area contributed by atoms with E-state index in [1.807, 2.05) is 36.4 Å². The fourth-order valence-corrected chi connectivity index (χ4v) is 1.47. The van der Waals surface area contributed by atoms with Crippen molar-refractivity contribution in [3.05, 3.63) is 53.6 Å². The predicted octanol–water partition coefficient (Wildman–Crippen LogP) is 3.79. The summed E-state index contributed by atoms with van der Waals surface area (Å²) in [6.07, 6.45) is 0. The summed E-state index contributed by atoms with van der Waals surface area (Å²) in [4.78, 5) is 0. The van der Waals surface area contributed by atoms with Gasteiger partial charge in [0, 0.05) is 5.69 Å². The number of halogens is 1. The Morgan fingerprint density at radius 1 is 0.933 bits per heavy atom. The topological polar surface area (TPSA) is 32.3 Å². The minimum atomic E-state index is 0.0811. The van der Waals surface area contributed by atoms with Crippen LogP contribution in [-0.2, 0) is 0 Å². The third-order valence-corrected chi connectivity index (χ3v) is 2.43. The Kier molecular flexibility index (Phi) is 2.79. The Balaban J connectivity index is 2.29. The Bertz CT molecular complexity index is 456. The summed E-state index contributed by atoms with van der Waals surface area (Å²) in [6, 6.07) is 14.8. The number of aromatic hydroxyl groups is 1. The first-order valence-electron chi connectivity index (χ1n) is 4.57. The smallest absolute Gasteiger partial charge is 0.136 e. The Labute approximate surface area is 93.1 Å². The molecule has 0 fully saturated rings. The highest BCUT2D eigenvalue weighted by molar-refractivity contribution is 6.34. The molecule has 2 aromatic rings. The summed E-state index contributed by atoms with van der Waals surface area (Å²) >= 11 is 5.93. The average Bonchev–Trinajstić information content (AvgIpc) is 2.26. The van der Waals surface area contributed by atoms with Crippen LogP contribution < -0.4 is 5.32 Å². The molecule has 0 atom stereocenters. The second-order valence-corrected chi connectivity index (χ2v) is 3.51. The number of hydrogen-bond donors (Lipinski definition) is 2. The van der Waals surface area contributed by atoms with Gasteiger partial charge in [0.2, 0.25) is 0 Å². The van der Waals surface area contributed by atoms with Gasteiger partial charge >= 0.3 is 0 Å². The van der Waals surface area contributed by atoms with Gasteiger partial charge in [-0.2, -0.15) is 0 Å². The molecular weight excluding hydrogens is 210 g/mol. The summed E-state index contributed by atoms with van der Waals surface area (Å²) in [5, 5.41) is 12.9. The minimum absolute atomic E-state index is 0.0811. The first-order valence-corrected chi connectivity index (χ1v) is 4.95. The zero-order chi connectivity index (χ0) is 10.7. The number of nitrogens with one attached hydrogen (secondary N) is 1. The van der Waals surface area contributed by atoms with Crippen LogP contribution in [0.5, 0.6) is 5.75 Å². The molecule has 0 unspecified atom stereocenters. The van der Waals surface area contributed by atoms with E-state index in [0.717, 1.165) is 5.69 Å². The maximum atomic E-state index is 9.41. The lowest BCUT2D eigenvalue weighted by Crippen LogP contribution is -1.90. The first kappa shape index (κ1) is 9.87. The Hall–Kier alpha value is -1.67. The molecule has 0 aliphatic rings. The van der Waals surface area contributed by atoms with E-state index < -0.39 is 0 Å². The van der Waals surface area contributed by atoms with Gasteiger partial charge in [-0.05, 0) is 24.3 Å². The van der Waals surface area contributed by atoms with Crippen molar-refractivity contribution in [1.29, 1.82) is 0 Å². The maximum Gasteiger partial charge on any atom is 0.136 e. The second kappa shape index (κ2) is 4.24. The molecule has 0 aliphatic heterocycles. The van der Waals surface area contributed by atoms with E-state index >= 15 is 0 Å². The van der Waals surface area contributed by atoms with Crippen LogP contribution in [0, 0.1) is 0 Å². The van der Waals surface area contributed by atoms with Crippen molar-refractivity contribution in [2.45, 2.75) is 0 Å². The molecule has 2 rings (SSSR count). The van der Waals surface area contributed by atoms with E-state index in [1.54, 1.807) is 12.1 Å². The number of hydrogen-bond acceptors (Lipinski definition) is 2. The molecule has 76 valence electrons. The van der Waals surface area contributed by atoms with Gasteiger partial charge in [0.25, 0.3) is 0 Å². The monoisotopic (exact) mass is 219 g/mol. The summed E-state index contributed by atoms with van der Waals surface area (Å²) < 4.78 is 0. The molecule has 0 aliphatic carbocycles. The molecule has 2 N–H and O–H groups in total. The van der Waals surface area contributed by atoms with Crippen LogP contribution >= 0.6 is 11.6 Å². The summed E-state index contributed by atoms with van der Waals surface area (Å²) in [5.74, 6) is 0.0811. The molecule has 15 heavy (non-hydrogen) atoms. The van der Waals surface area contributed by atoms with Crippen LogP contribution in [0.1, 0.15) is 0 Å². The lowest BCUT2D eigenvalue weighted by atomic mass is 10.2. The maximum absolute atomic E-state index is 9.41. The standard InChI is InChI=1S/C12H10ClNO/c13-12-10(7-4-8-11(12)15)14-9-5-2-1-3-6-9/h1-8,14-15H. The van der Waals surface area contributed by atoms with Gasteiger partial charge in [0.1, 0.15) is 10.8 Å². The summed E-state index contributed by atoms with van der Waals surface area (Å²) in [7, 11) is 0. The predicted molar refractivity (Wildman–Crippen MR) is 62.8 cm³/mol. The third-order valence-electron chi connectivity index (χ3n) is 2.03. The molecular formula is C12H10ClNO. The van der Waals surface area contributed by atoms with Gasteiger partial charge in [-0.25, -0.2) is 0 Å². The van der Waals surface area contributed by atoms with Crippen molar-refractivity contribution in [3.63, 3.8) is 0 Å². The zero-order valence-electron chi connectivity index (χ0n) is 7.94. The molecule has 3 heteroatoms. The number of para-hydroxylation sites is 1. The van der Waals surface area contributed by atoms with Crippen molar-refractivity contribution in [2.75, 3.05) is 5.32 Å². The van der Waals surface area contributed by atoms with E-state index in [-0.39, 0.29) is 5.75 Å². The molecule has 0 radical (unpaired) electrons. The minimum Gasteiger partial charge on any atom is -0.506 e. The fraction of sp³-hybridized carbons (Fsp3) is 0. The number of anilines is 2. The van der Waals surface area contributed by atoms with Gasteiger partial charge < -0.3 is 10.4 Å². The van der Waals surface area contributed by atoms with Crippen LogP contribution in [0.3, 0.4) is 0 Å². The Morgan fingerprint density at radius 3 is 2.40 bits per heavy atom. The molecule has 2 aromatic carbocycles. The van der Waals surface area contributed by atoms with Crippen LogP contribution in [0.25, 0.3) is 0 Å². The van der Waals surface area contributed by atoms with Crippen LogP contribution in [0.2, 0.25) is 5.02 Å². The van der Waals surface area contributed by atoms with Crippen LogP contribution in [0.15, 0.2) is 48.5 Å². The largest absolute Gasteiger partial charge is 0.506 e. The van der Waals surface area contributed by atoms with Crippen molar-refractivity contribution in [1.82, 2.24) is 0 Å². The fourth-order valence-electron chi connectivity index (χ4n) is 1.29. The van der Waals surface area contributed by atoms with Crippen molar-refractivity contribution < 1.29 is 5.11 Å². The van der Waals surface area contributed by atoms with Gasteiger partial charge in [0.15, 0.2) is 0 Å². The van der Waals surface area contributed by atoms with E-state index in [4.69, 9.17) is 11.6 Å². The normalized spacial score (nSPS) is 9.93. The number of benzene rings is 2. The highest BCUT2D eigenvalue weighted by Crippen LogP contribution is 2.32. The quantitative estimate of drug-likeness (QED) is 0.806. The second-order valence-electron chi connectivity index (χ2n) is 3.13. The molecule has 0 amide bonds. The first-order chi connectivity index (χ1) is 7.27. The lowest BCUT2D eigenvalue weighted by Gasteiger charge is -2.08. The number of phenolic OH excluding ortho intramolecular Hbond substituents is 1. The van der Waals surface area contributed by atoms with E-state index in [1.165, 1.54) is 0 Å². The molecule has 0 saturated carbocycles. The van der Waals surface area contributed by atoms with Crippen molar-refractivity contribution in [3.8, 4) is 5.75 Å². The van der Waals surface area contributed by atoms with Gasteiger partial charge in [0.05, 0.1) is 5.69 Å². The lowest BCUT2D eigenvalue weighted by molar-refractivity contribution is 0.476. The molecule has 0 aromatic heterocycles. The van der Waals surface area contributed by atoms with E-state index in [9.17, 15) is 5.11 Å². The van der Waals surface area contributed by atoms with Crippen LogP contribution in [-0.4, -0.2) is 5.11 Å². The molecule has 0 bridgehead atoms. The zero-order valence-corrected chi connectivity index (χ0v) is 8.70. The van der Waals surface area contributed by atoms with Crippen LogP contribution in [0.4, 0.5) is 11.4 Å². The van der Waals surface area contributed by atoms with Crippen molar-refractivity contribution in [2.24, 2.45) is 0 Å². The molecule has 0 heterocycles. The highest BCUT2D eigenvalue weighted by Gasteiger charge is 2.03. The van der Waals surface area contributed by atoms with Gasteiger partial charge in [-0.3, -0.25) is 0 Å². The van der Waals surface area contributed by atoms with E-state index in [0.29, 0.717) is 10.7 Å². The van der Waals surface area contributed by atoms with Gasteiger partial charge in [-0.1, -0.05) is 35.9 Å². The number of phenols is 1. The molecule has 0 spiro atoms. The molecule has 0 saturated heterocycles. The van der Waals surface area contributed by atoms with Crippen molar-refractivity contribution >= 4 is 23.0 Å². The Morgan fingerprint density at radius 2 is 1.67 bits per heavy atom. The van der Waals surface area contributed by atoms with Gasteiger partial charge in [-0.15, -0.1) is 0 Å². The number of rotatable bonds is 2. The third kappa shape index (κ3) is 2.22. The average molecular weight is 220 g/mol. The molecule has 2 nitrogen and oxygen atoms in total.